The molecule has 1 aromatic rings. The Kier molecular flexibility index (Phi) is 8.18. The summed E-state index contributed by atoms with van der Waals surface area (Å²) in [5.41, 5.74) is 2.29. The van der Waals surface area contributed by atoms with Crippen molar-refractivity contribution in [3.05, 3.63) is 34.7 Å². The Balaban J connectivity index is 1.75. The van der Waals surface area contributed by atoms with E-state index in [4.69, 9.17) is 9.47 Å². The van der Waals surface area contributed by atoms with E-state index in [1.165, 1.54) is 0 Å². The highest BCUT2D eigenvalue weighted by atomic mass is 32.2. The van der Waals surface area contributed by atoms with E-state index < -0.39 is 41.6 Å². The maximum absolute atomic E-state index is 12.9. The summed E-state index contributed by atoms with van der Waals surface area (Å²) >= 11 is 0. The van der Waals surface area contributed by atoms with Gasteiger partial charge in [-0.15, -0.1) is 0 Å². The van der Waals surface area contributed by atoms with E-state index in [1.54, 1.807) is 13.8 Å². The lowest BCUT2D eigenvalue weighted by Crippen LogP contribution is -2.62. The molecule has 2 aliphatic heterocycles. The molecule has 0 aliphatic carbocycles. The maximum atomic E-state index is 12.9. The van der Waals surface area contributed by atoms with Crippen molar-refractivity contribution in [3.8, 4) is 6.07 Å². The number of morpholine rings is 1. The summed E-state index contributed by atoms with van der Waals surface area (Å²) in [6.07, 6.45) is -4.44. The second-order valence-corrected chi connectivity index (χ2v) is 8.76. The van der Waals surface area contributed by atoms with Crippen LogP contribution in [0.25, 0.3) is 5.57 Å². The third-order valence-corrected chi connectivity index (χ3v) is 6.92. The molecule has 0 saturated carbocycles. The lowest BCUT2D eigenvalue weighted by molar-refractivity contribution is -0.244. The van der Waals surface area contributed by atoms with Gasteiger partial charge in [0.2, 0.25) is 0 Å². The van der Waals surface area contributed by atoms with Gasteiger partial charge in [0.1, 0.15) is 34.2 Å². The van der Waals surface area contributed by atoms with Crippen LogP contribution < -0.4 is 9.62 Å². The van der Waals surface area contributed by atoms with E-state index in [0.717, 1.165) is 24.3 Å². The molecule has 1 aromatic carbocycles. The summed E-state index contributed by atoms with van der Waals surface area (Å²) in [5.74, 6) is 0. The fourth-order valence-electron chi connectivity index (χ4n) is 3.73. The van der Waals surface area contributed by atoms with E-state index in [1.807, 2.05) is 30.3 Å². The van der Waals surface area contributed by atoms with Crippen molar-refractivity contribution < 1.29 is 29.0 Å². The standard InChI is InChI=1S/C21H29N3O6S/c1-3-16-19(25)20(26)18(21(27)30-16)23-31(28)17(12-22)13(2)14-4-6-15(7-5-14)24-8-10-29-11-9-24/h4-7,16,18-21,23,25-27H,3,8-11H2,1-2H3/b17-13+/t16-,18-,19-,20-,21?,31?/m1/s1. The van der Waals surface area contributed by atoms with Crippen molar-refractivity contribution >= 4 is 22.2 Å². The van der Waals surface area contributed by atoms with Crippen LogP contribution in [0.3, 0.4) is 0 Å². The second kappa shape index (κ2) is 10.7. The molecule has 0 amide bonds. The largest absolute Gasteiger partial charge is 0.388 e. The van der Waals surface area contributed by atoms with Crippen LogP contribution in [0.15, 0.2) is 29.2 Å². The van der Waals surface area contributed by atoms with Gasteiger partial charge in [-0.05, 0) is 36.6 Å². The Labute approximate surface area is 184 Å². The first-order valence-electron chi connectivity index (χ1n) is 10.3. The molecule has 2 fully saturated rings. The van der Waals surface area contributed by atoms with Crippen LogP contribution in [-0.2, 0) is 20.5 Å². The number of aliphatic hydroxyl groups excluding tert-OH is 3. The minimum Gasteiger partial charge on any atom is -0.388 e. The second-order valence-electron chi connectivity index (χ2n) is 7.58. The van der Waals surface area contributed by atoms with Crippen LogP contribution >= 0.6 is 0 Å². The zero-order valence-electron chi connectivity index (χ0n) is 17.6. The van der Waals surface area contributed by atoms with Crippen molar-refractivity contribution in [2.45, 2.75) is 50.9 Å². The first-order chi connectivity index (χ1) is 14.9. The Morgan fingerprint density at radius 2 is 1.87 bits per heavy atom. The van der Waals surface area contributed by atoms with Gasteiger partial charge < -0.3 is 29.7 Å². The Bertz CT molecular complexity index is 850. The molecule has 10 heteroatoms. The summed E-state index contributed by atoms with van der Waals surface area (Å²) in [6.45, 7) is 6.42. The summed E-state index contributed by atoms with van der Waals surface area (Å²) in [5, 5.41) is 40.2. The fraction of sp³-hybridized carbons (Fsp3) is 0.571. The number of rotatable bonds is 6. The summed E-state index contributed by atoms with van der Waals surface area (Å²) in [6, 6.07) is 8.35. The molecule has 2 heterocycles. The first-order valence-corrected chi connectivity index (χ1v) is 11.4. The molecular formula is C21H29N3O6S. The van der Waals surface area contributed by atoms with Crippen molar-refractivity contribution in [1.29, 1.82) is 5.26 Å². The van der Waals surface area contributed by atoms with Gasteiger partial charge in [0, 0.05) is 18.8 Å². The first kappa shape index (κ1) is 23.8. The third-order valence-electron chi connectivity index (χ3n) is 5.67. The topological polar surface area (TPSA) is 135 Å². The number of ether oxygens (including phenoxy) is 2. The summed E-state index contributed by atoms with van der Waals surface area (Å²) < 4.78 is 26.1. The van der Waals surface area contributed by atoms with E-state index in [9.17, 15) is 24.8 Å². The maximum Gasteiger partial charge on any atom is 0.174 e. The predicted octanol–water partition coefficient (Wildman–Crippen LogP) is 0.249. The molecule has 31 heavy (non-hydrogen) atoms. The normalized spacial score (nSPS) is 31.0. The molecule has 0 spiro atoms. The molecule has 9 nitrogen and oxygen atoms in total. The molecule has 2 unspecified atom stereocenters. The van der Waals surface area contributed by atoms with Crippen LogP contribution in [0.4, 0.5) is 5.69 Å². The number of nitriles is 1. The number of nitrogens with zero attached hydrogens (tertiary/aromatic N) is 2. The van der Waals surface area contributed by atoms with Gasteiger partial charge in [0.25, 0.3) is 0 Å². The minimum absolute atomic E-state index is 0.0365. The fourth-order valence-corrected chi connectivity index (χ4v) is 4.83. The highest BCUT2D eigenvalue weighted by Crippen LogP contribution is 2.26. The van der Waals surface area contributed by atoms with Crippen molar-refractivity contribution in [1.82, 2.24) is 4.72 Å². The van der Waals surface area contributed by atoms with Gasteiger partial charge in [0.15, 0.2) is 6.29 Å². The third kappa shape index (κ3) is 5.32. The lowest BCUT2D eigenvalue weighted by Gasteiger charge is -2.40. The number of hydrogen-bond acceptors (Lipinski definition) is 8. The Morgan fingerprint density at radius 1 is 1.23 bits per heavy atom. The SMILES string of the molecule is CC[C@H]1OC(O)[C@H](NS(=O)/C(C#N)=C(\C)c2ccc(N3CCOCC3)cc2)[C@@H](O)[C@@H]1O. The van der Waals surface area contributed by atoms with Crippen LogP contribution in [0.2, 0.25) is 0 Å². The molecule has 0 radical (unpaired) electrons. The van der Waals surface area contributed by atoms with E-state index >= 15 is 0 Å². The van der Waals surface area contributed by atoms with Crippen molar-refractivity contribution in [3.63, 3.8) is 0 Å². The van der Waals surface area contributed by atoms with Crippen LogP contribution in [0, 0.1) is 11.3 Å². The van der Waals surface area contributed by atoms with Gasteiger partial charge >= 0.3 is 0 Å². The Morgan fingerprint density at radius 3 is 2.45 bits per heavy atom. The number of benzene rings is 1. The molecule has 2 saturated heterocycles. The molecule has 3 rings (SSSR count). The number of hydrogen-bond donors (Lipinski definition) is 4. The summed E-state index contributed by atoms with van der Waals surface area (Å²) in [7, 11) is -2.03. The molecular weight excluding hydrogens is 422 g/mol. The molecule has 170 valence electrons. The predicted molar refractivity (Wildman–Crippen MR) is 116 cm³/mol. The summed E-state index contributed by atoms with van der Waals surface area (Å²) in [4.78, 5) is 2.17. The zero-order valence-corrected chi connectivity index (χ0v) is 18.4. The van der Waals surface area contributed by atoms with Gasteiger partial charge in [-0.3, -0.25) is 0 Å². The highest BCUT2D eigenvalue weighted by Gasteiger charge is 2.44. The quantitative estimate of drug-likeness (QED) is 0.452. The van der Waals surface area contributed by atoms with Gasteiger partial charge in [0.05, 0.1) is 25.4 Å². The van der Waals surface area contributed by atoms with E-state index in [2.05, 4.69) is 9.62 Å². The highest BCUT2D eigenvalue weighted by molar-refractivity contribution is 7.87. The molecule has 0 bridgehead atoms. The number of anilines is 1. The Hall–Kier alpha value is -1.84. The number of allylic oxidation sites excluding steroid dienone is 2. The van der Waals surface area contributed by atoms with E-state index in [0.29, 0.717) is 25.2 Å². The van der Waals surface area contributed by atoms with Crippen LogP contribution in [0.5, 0.6) is 0 Å². The van der Waals surface area contributed by atoms with Gasteiger partial charge in [-0.1, -0.05) is 19.1 Å². The molecule has 2 aliphatic rings. The van der Waals surface area contributed by atoms with Crippen molar-refractivity contribution in [2.75, 3.05) is 31.2 Å². The average molecular weight is 452 g/mol. The van der Waals surface area contributed by atoms with Gasteiger partial charge in [-0.2, -0.15) is 5.26 Å². The average Bonchev–Trinajstić information content (AvgIpc) is 2.80. The van der Waals surface area contributed by atoms with Crippen LogP contribution in [0.1, 0.15) is 25.8 Å². The van der Waals surface area contributed by atoms with Crippen LogP contribution in [-0.4, -0.2) is 76.5 Å². The van der Waals surface area contributed by atoms with Crippen molar-refractivity contribution in [2.24, 2.45) is 0 Å². The monoisotopic (exact) mass is 451 g/mol. The molecule has 0 aromatic heterocycles. The smallest absolute Gasteiger partial charge is 0.174 e. The molecule has 4 N–H and O–H groups in total. The van der Waals surface area contributed by atoms with E-state index in [-0.39, 0.29) is 4.91 Å². The number of aliphatic hydroxyl groups is 3. The van der Waals surface area contributed by atoms with Gasteiger partial charge in [-0.25, -0.2) is 8.93 Å². The zero-order chi connectivity index (χ0) is 22.5. The lowest BCUT2D eigenvalue weighted by atomic mass is 9.96. The molecule has 6 atom stereocenters. The number of nitrogens with one attached hydrogen (secondary N) is 1. The minimum atomic E-state index is -2.03.